The summed E-state index contributed by atoms with van der Waals surface area (Å²) in [6.45, 7) is 8.60. The Morgan fingerprint density at radius 2 is 1.76 bits per heavy atom. The maximum absolute atomic E-state index is 11.2. The summed E-state index contributed by atoms with van der Waals surface area (Å²) >= 11 is 0. The predicted octanol–water partition coefficient (Wildman–Crippen LogP) is 1.60. The molecule has 0 heterocycles. The van der Waals surface area contributed by atoms with E-state index in [4.69, 9.17) is 4.74 Å². The average molecular weight is 242 g/mol. The lowest BCUT2D eigenvalue weighted by Crippen LogP contribution is -2.36. The Hall–Kier alpha value is -1.52. The van der Waals surface area contributed by atoms with Gasteiger partial charge in [-0.2, -0.15) is 0 Å². The number of nitrogens with one attached hydrogen (secondary N) is 2. The minimum atomic E-state index is -0.391. The van der Waals surface area contributed by atoms with Crippen LogP contribution in [0.3, 0.4) is 0 Å². The molecule has 0 radical (unpaired) electrons. The largest absolute Gasteiger partial charge is 0.462 e. The molecule has 0 unspecified atom stereocenters. The molecule has 0 saturated heterocycles. The summed E-state index contributed by atoms with van der Waals surface area (Å²) in [6, 6.07) is -0.176. The summed E-state index contributed by atoms with van der Waals surface area (Å²) in [5, 5.41) is 5.41. The normalized spacial score (nSPS) is 9.53. The highest BCUT2D eigenvalue weighted by molar-refractivity contribution is 5.86. The summed E-state index contributed by atoms with van der Waals surface area (Å²) in [6.07, 6.45) is 2.63. The third kappa shape index (κ3) is 9.41. The fourth-order valence-corrected chi connectivity index (χ4v) is 1.00. The van der Waals surface area contributed by atoms with Gasteiger partial charge in [0.1, 0.15) is 0 Å². The van der Waals surface area contributed by atoms with Gasteiger partial charge in [-0.15, -0.1) is 0 Å². The molecule has 0 aliphatic carbocycles. The number of ether oxygens (including phenoxy) is 1. The van der Waals surface area contributed by atoms with Crippen molar-refractivity contribution in [3.05, 3.63) is 12.2 Å². The molecule has 0 atom stereocenters. The Kier molecular flexibility index (Phi) is 8.82. The molecule has 0 aliphatic rings. The van der Waals surface area contributed by atoms with Crippen molar-refractivity contribution in [2.45, 2.75) is 33.1 Å². The minimum absolute atomic E-state index is 0.176. The molecule has 2 N–H and O–H groups in total. The zero-order valence-electron chi connectivity index (χ0n) is 10.7. The summed E-state index contributed by atoms with van der Waals surface area (Å²) in [5.41, 5.74) is 0.385. The third-order valence-electron chi connectivity index (χ3n) is 2.00. The summed E-state index contributed by atoms with van der Waals surface area (Å²) in [7, 11) is 0. The Labute approximate surface area is 103 Å². The molecule has 0 rings (SSSR count). The fraction of sp³-hybridized carbons (Fsp3) is 0.667. The molecular weight excluding hydrogens is 220 g/mol. The number of esters is 1. The van der Waals surface area contributed by atoms with Crippen molar-refractivity contribution in [3.8, 4) is 0 Å². The molecule has 5 heteroatoms. The standard InChI is InChI=1S/C12H22N2O3/c1-4-5-7-13-12(16)14-8-6-9-17-11(15)10(2)3/h2,4-9H2,1,3H3,(H2,13,14,16). The molecule has 0 fully saturated rings. The zero-order chi connectivity index (χ0) is 13.1. The van der Waals surface area contributed by atoms with Crippen LogP contribution in [-0.4, -0.2) is 31.7 Å². The van der Waals surface area contributed by atoms with Gasteiger partial charge in [-0.1, -0.05) is 19.9 Å². The molecule has 5 nitrogen and oxygen atoms in total. The number of carbonyl (C=O) groups excluding carboxylic acids is 2. The Balaban J connectivity index is 3.36. The van der Waals surface area contributed by atoms with E-state index in [0.29, 0.717) is 31.7 Å². The van der Waals surface area contributed by atoms with Gasteiger partial charge in [-0.3, -0.25) is 0 Å². The molecule has 0 aromatic rings. The lowest BCUT2D eigenvalue weighted by Gasteiger charge is -2.07. The second kappa shape index (κ2) is 9.69. The van der Waals surface area contributed by atoms with E-state index in [1.807, 2.05) is 0 Å². The number of rotatable bonds is 8. The van der Waals surface area contributed by atoms with Gasteiger partial charge in [0.2, 0.25) is 0 Å². The van der Waals surface area contributed by atoms with Gasteiger partial charge in [-0.05, 0) is 19.8 Å². The molecule has 0 spiro atoms. The molecule has 0 bridgehead atoms. The van der Waals surface area contributed by atoms with Crippen molar-refractivity contribution >= 4 is 12.0 Å². The highest BCUT2D eigenvalue weighted by Gasteiger charge is 2.02. The lowest BCUT2D eigenvalue weighted by atomic mass is 10.3. The monoisotopic (exact) mass is 242 g/mol. The first kappa shape index (κ1) is 15.5. The SMILES string of the molecule is C=C(C)C(=O)OCCCNC(=O)NCCCC. The number of unbranched alkanes of at least 4 members (excludes halogenated alkanes) is 1. The van der Waals surface area contributed by atoms with E-state index in [1.165, 1.54) is 0 Å². The number of hydrogen-bond donors (Lipinski definition) is 2. The van der Waals surface area contributed by atoms with Gasteiger partial charge >= 0.3 is 12.0 Å². The van der Waals surface area contributed by atoms with E-state index in [2.05, 4.69) is 24.1 Å². The van der Waals surface area contributed by atoms with Gasteiger partial charge in [-0.25, -0.2) is 9.59 Å². The van der Waals surface area contributed by atoms with Crippen LogP contribution in [0.5, 0.6) is 0 Å². The van der Waals surface area contributed by atoms with Crippen molar-refractivity contribution in [3.63, 3.8) is 0 Å². The molecule has 0 aliphatic heterocycles. The van der Waals surface area contributed by atoms with Gasteiger partial charge in [0.15, 0.2) is 0 Å². The van der Waals surface area contributed by atoms with Gasteiger partial charge < -0.3 is 15.4 Å². The maximum atomic E-state index is 11.2. The zero-order valence-corrected chi connectivity index (χ0v) is 10.7. The summed E-state index contributed by atoms with van der Waals surface area (Å²) in [5.74, 6) is -0.391. The van der Waals surface area contributed by atoms with Crippen molar-refractivity contribution < 1.29 is 14.3 Å². The van der Waals surface area contributed by atoms with Crippen molar-refractivity contribution in [2.24, 2.45) is 0 Å². The van der Waals surface area contributed by atoms with Crippen LogP contribution in [-0.2, 0) is 9.53 Å². The van der Waals surface area contributed by atoms with Crippen LogP contribution >= 0.6 is 0 Å². The highest BCUT2D eigenvalue weighted by atomic mass is 16.5. The second-order valence-electron chi connectivity index (χ2n) is 3.81. The molecule has 0 aromatic carbocycles. The summed E-state index contributed by atoms with van der Waals surface area (Å²) < 4.78 is 4.87. The van der Waals surface area contributed by atoms with Crippen LogP contribution in [0.4, 0.5) is 4.79 Å². The molecule has 98 valence electrons. The van der Waals surface area contributed by atoms with E-state index < -0.39 is 5.97 Å². The van der Waals surface area contributed by atoms with E-state index >= 15 is 0 Å². The molecule has 0 aromatic heterocycles. The Morgan fingerprint density at radius 3 is 2.29 bits per heavy atom. The van der Waals surface area contributed by atoms with Crippen LogP contribution in [0.15, 0.2) is 12.2 Å². The second-order valence-corrected chi connectivity index (χ2v) is 3.81. The molecule has 0 saturated carbocycles. The quantitative estimate of drug-likeness (QED) is 0.386. The van der Waals surface area contributed by atoms with E-state index in [-0.39, 0.29) is 6.03 Å². The van der Waals surface area contributed by atoms with Crippen LogP contribution in [0, 0.1) is 0 Å². The molecule has 17 heavy (non-hydrogen) atoms. The average Bonchev–Trinajstić information content (AvgIpc) is 2.28. The fourth-order valence-electron chi connectivity index (χ4n) is 1.00. The van der Waals surface area contributed by atoms with E-state index in [1.54, 1.807) is 6.92 Å². The van der Waals surface area contributed by atoms with Gasteiger partial charge in [0.05, 0.1) is 6.61 Å². The first-order valence-corrected chi connectivity index (χ1v) is 5.92. The first-order valence-electron chi connectivity index (χ1n) is 5.92. The highest BCUT2D eigenvalue weighted by Crippen LogP contribution is 1.92. The third-order valence-corrected chi connectivity index (χ3v) is 2.00. The van der Waals surface area contributed by atoms with Crippen LogP contribution in [0.2, 0.25) is 0 Å². The molecular formula is C12H22N2O3. The Bertz CT molecular complexity index is 264. The van der Waals surface area contributed by atoms with Gasteiger partial charge in [0.25, 0.3) is 0 Å². The smallest absolute Gasteiger partial charge is 0.333 e. The van der Waals surface area contributed by atoms with Crippen molar-refractivity contribution in [2.75, 3.05) is 19.7 Å². The summed E-state index contributed by atoms with van der Waals surface area (Å²) in [4.78, 5) is 22.2. The number of hydrogen-bond acceptors (Lipinski definition) is 3. The van der Waals surface area contributed by atoms with Crippen molar-refractivity contribution in [1.29, 1.82) is 0 Å². The predicted molar refractivity (Wildman–Crippen MR) is 66.7 cm³/mol. The topological polar surface area (TPSA) is 67.4 Å². The van der Waals surface area contributed by atoms with Crippen LogP contribution in [0.1, 0.15) is 33.1 Å². The number of amides is 2. The molecule has 2 amide bonds. The van der Waals surface area contributed by atoms with E-state index in [0.717, 1.165) is 12.8 Å². The number of urea groups is 1. The minimum Gasteiger partial charge on any atom is -0.462 e. The maximum Gasteiger partial charge on any atom is 0.333 e. The van der Waals surface area contributed by atoms with Crippen LogP contribution < -0.4 is 10.6 Å². The van der Waals surface area contributed by atoms with Crippen molar-refractivity contribution in [1.82, 2.24) is 10.6 Å². The lowest BCUT2D eigenvalue weighted by molar-refractivity contribution is -0.138. The van der Waals surface area contributed by atoms with Crippen LogP contribution in [0.25, 0.3) is 0 Å². The number of carbonyl (C=O) groups is 2. The first-order chi connectivity index (χ1) is 8.07. The van der Waals surface area contributed by atoms with Gasteiger partial charge in [0, 0.05) is 18.7 Å². The Morgan fingerprint density at radius 1 is 1.18 bits per heavy atom. The van der Waals surface area contributed by atoms with E-state index in [9.17, 15) is 9.59 Å².